The number of rotatable bonds is 4. The number of anilines is 1. The van der Waals surface area contributed by atoms with Crippen LogP contribution in [0, 0.1) is 0 Å². The summed E-state index contributed by atoms with van der Waals surface area (Å²) in [5.74, 6) is 0.106. The Morgan fingerprint density at radius 2 is 1.63 bits per heavy atom. The SMILES string of the molecule is O=C(CN1CCN(C(=O)Nc2ccccc2)CC1)c1c[nH]c2ccccc12. The van der Waals surface area contributed by atoms with Crippen molar-refractivity contribution in [2.24, 2.45) is 0 Å². The van der Waals surface area contributed by atoms with Crippen molar-refractivity contribution in [2.45, 2.75) is 0 Å². The summed E-state index contributed by atoms with van der Waals surface area (Å²) in [6, 6.07) is 17.2. The van der Waals surface area contributed by atoms with E-state index in [2.05, 4.69) is 15.2 Å². The van der Waals surface area contributed by atoms with E-state index in [1.807, 2.05) is 54.6 Å². The molecule has 1 saturated heterocycles. The minimum atomic E-state index is -0.0937. The number of amides is 2. The molecule has 0 spiro atoms. The predicted molar refractivity (Wildman–Crippen MR) is 106 cm³/mol. The van der Waals surface area contributed by atoms with Gasteiger partial charge in [0.15, 0.2) is 5.78 Å². The molecule has 138 valence electrons. The molecule has 6 heteroatoms. The number of fused-ring (bicyclic) bond motifs is 1. The Balaban J connectivity index is 1.31. The van der Waals surface area contributed by atoms with Gasteiger partial charge in [0.2, 0.25) is 0 Å². The number of para-hydroxylation sites is 2. The van der Waals surface area contributed by atoms with Gasteiger partial charge in [0.05, 0.1) is 6.54 Å². The molecule has 1 aliphatic heterocycles. The average molecular weight is 362 g/mol. The molecule has 0 atom stereocenters. The molecule has 2 N–H and O–H groups in total. The van der Waals surface area contributed by atoms with Crippen LogP contribution in [0.5, 0.6) is 0 Å². The predicted octanol–water partition coefficient (Wildman–Crippen LogP) is 3.20. The van der Waals surface area contributed by atoms with Gasteiger partial charge < -0.3 is 15.2 Å². The first kappa shape index (κ1) is 17.3. The molecule has 2 heterocycles. The van der Waals surface area contributed by atoms with Crippen molar-refractivity contribution >= 4 is 28.4 Å². The van der Waals surface area contributed by atoms with E-state index < -0.39 is 0 Å². The third-order valence-corrected chi connectivity index (χ3v) is 4.94. The van der Waals surface area contributed by atoms with E-state index in [1.54, 1.807) is 11.1 Å². The maximum Gasteiger partial charge on any atom is 0.321 e. The molecular weight excluding hydrogens is 340 g/mol. The molecule has 4 rings (SSSR count). The van der Waals surface area contributed by atoms with Crippen LogP contribution in [0.2, 0.25) is 0 Å². The number of Topliss-reactive ketones (excluding diaryl/α,β-unsaturated/α-hetero) is 1. The number of carbonyl (C=O) groups is 2. The Morgan fingerprint density at radius 3 is 2.41 bits per heavy atom. The molecule has 2 aromatic carbocycles. The molecule has 0 aliphatic carbocycles. The molecule has 1 aliphatic rings. The number of aromatic nitrogens is 1. The number of H-pyrrole nitrogens is 1. The van der Waals surface area contributed by atoms with E-state index in [0.29, 0.717) is 32.7 Å². The number of hydrogen-bond donors (Lipinski definition) is 2. The molecular formula is C21H22N4O2. The van der Waals surface area contributed by atoms with Gasteiger partial charge in [-0.2, -0.15) is 0 Å². The normalized spacial score (nSPS) is 15.0. The summed E-state index contributed by atoms with van der Waals surface area (Å²) in [6.07, 6.45) is 1.79. The lowest BCUT2D eigenvalue weighted by Crippen LogP contribution is -2.51. The molecule has 27 heavy (non-hydrogen) atoms. The van der Waals surface area contributed by atoms with Crippen LogP contribution >= 0.6 is 0 Å². The summed E-state index contributed by atoms with van der Waals surface area (Å²) < 4.78 is 0. The van der Waals surface area contributed by atoms with Crippen molar-refractivity contribution in [3.05, 3.63) is 66.4 Å². The lowest BCUT2D eigenvalue weighted by molar-refractivity contribution is 0.0885. The van der Waals surface area contributed by atoms with Gasteiger partial charge in [0.1, 0.15) is 0 Å². The lowest BCUT2D eigenvalue weighted by atomic mass is 10.1. The Bertz CT molecular complexity index is 943. The Hall–Kier alpha value is -3.12. The molecule has 0 bridgehead atoms. The first-order chi connectivity index (χ1) is 13.2. The van der Waals surface area contributed by atoms with Crippen molar-refractivity contribution in [3.8, 4) is 0 Å². The number of carbonyl (C=O) groups excluding carboxylic acids is 2. The van der Waals surface area contributed by atoms with E-state index in [-0.39, 0.29) is 11.8 Å². The molecule has 1 aromatic heterocycles. The second kappa shape index (κ2) is 7.63. The van der Waals surface area contributed by atoms with Crippen LogP contribution in [0.1, 0.15) is 10.4 Å². The van der Waals surface area contributed by atoms with E-state index in [9.17, 15) is 9.59 Å². The van der Waals surface area contributed by atoms with Crippen molar-refractivity contribution in [1.29, 1.82) is 0 Å². The summed E-state index contributed by atoms with van der Waals surface area (Å²) in [7, 11) is 0. The standard InChI is InChI=1S/C21H22N4O2/c26-20(18-14-22-19-9-5-4-8-17(18)19)15-24-10-12-25(13-11-24)21(27)23-16-6-2-1-3-7-16/h1-9,14,22H,10-13,15H2,(H,23,27). The van der Waals surface area contributed by atoms with Crippen LogP contribution in [0.4, 0.5) is 10.5 Å². The third-order valence-electron chi connectivity index (χ3n) is 4.94. The summed E-state index contributed by atoms with van der Waals surface area (Å²) in [5.41, 5.74) is 2.50. The largest absolute Gasteiger partial charge is 0.360 e. The fraction of sp³-hybridized carbons (Fsp3) is 0.238. The third kappa shape index (κ3) is 3.85. The van der Waals surface area contributed by atoms with Crippen LogP contribution in [0.15, 0.2) is 60.8 Å². The van der Waals surface area contributed by atoms with Crippen molar-refractivity contribution in [3.63, 3.8) is 0 Å². The number of hydrogen-bond acceptors (Lipinski definition) is 3. The van der Waals surface area contributed by atoms with E-state index in [1.165, 1.54) is 0 Å². The molecule has 6 nitrogen and oxygen atoms in total. The second-order valence-electron chi connectivity index (χ2n) is 6.73. The summed E-state index contributed by atoms with van der Waals surface area (Å²) in [4.78, 5) is 32.1. The Labute approximate surface area is 157 Å². The van der Waals surface area contributed by atoms with Gasteiger partial charge in [-0.1, -0.05) is 36.4 Å². The van der Waals surface area contributed by atoms with Crippen LogP contribution in [0.25, 0.3) is 10.9 Å². The van der Waals surface area contributed by atoms with Crippen molar-refractivity contribution < 1.29 is 9.59 Å². The number of nitrogens with zero attached hydrogens (tertiary/aromatic N) is 2. The number of urea groups is 1. The Kier molecular flexibility index (Phi) is 4.89. The summed E-state index contributed by atoms with van der Waals surface area (Å²) in [6.45, 7) is 2.97. The quantitative estimate of drug-likeness (QED) is 0.701. The van der Waals surface area contributed by atoms with E-state index in [4.69, 9.17) is 0 Å². The van der Waals surface area contributed by atoms with Crippen LogP contribution in [-0.2, 0) is 0 Å². The molecule has 3 aromatic rings. The number of ketones is 1. The minimum absolute atomic E-state index is 0.0937. The first-order valence-electron chi connectivity index (χ1n) is 9.13. The van der Waals surface area contributed by atoms with Gasteiger partial charge in [0.25, 0.3) is 0 Å². The zero-order valence-electron chi connectivity index (χ0n) is 15.0. The number of benzene rings is 2. The zero-order valence-corrected chi connectivity index (χ0v) is 15.0. The monoisotopic (exact) mass is 362 g/mol. The topological polar surface area (TPSA) is 68.4 Å². The lowest BCUT2D eigenvalue weighted by Gasteiger charge is -2.34. The highest BCUT2D eigenvalue weighted by molar-refractivity contribution is 6.08. The second-order valence-corrected chi connectivity index (χ2v) is 6.73. The highest BCUT2D eigenvalue weighted by Gasteiger charge is 2.23. The van der Waals surface area contributed by atoms with Gasteiger partial charge in [0, 0.05) is 54.5 Å². The maximum atomic E-state index is 12.7. The van der Waals surface area contributed by atoms with E-state index >= 15 is 0 Å². The molecule has 0 saturated carbocycles. The summed E-state index contributed by atoms with van der Waals surface area (Å²) >= 11 is 0. The van der Waals surface area contributed by atoms with Gasteiger partial charge in [-0.3, -0.25) is 9.69 Å². The van der Waals surface area contributed by atoms with Gasteiger partial charge in [-0.15, -0.1) is 0 Å². The van der Waals surface area contributed by atoms with E-state index in [0.717, 1.165) is 22.2 Å². The number of piperazine rings is 1. The fourth-order valence-electron chi connectivity index (χ4n) is 3.42. The summed E-state index contributed by atoms with van der Waals surface area (Å²) in [5, 5.41) is 3.87. The van der Waals surface area contributed by atoms with Crippen LogP contribution in [0.3, 0.4) is 0 Å². The first-order valence-corrected chi connectivity index (χ1v) is 9.13. The number of aromatic amines is 1. The van der Waals surface area contributed by atoms with Crippen LogP contribution in [-0.4, -0.2) is 59.3 Å². The van der Waals surface area contributed by atoms with Gasteiger partial charge >= 0.3 is 6.03 Å². The van der Waals surface area contributed by atoms with Crippen molar-refractivity contribution in [2.75, 3.05) is 38.0 Å². The molecule has 1 fully saturated rings. The molecule has 0 unspecified atom stereocenters. The maximum absolute atomic E-state index is 12.7. The zero-order chi connectivity index (χ0) is 18.6. The highest BCUT2D eigenvalue weighted by atomic mass is 16.2. The Morgan fingerprint density at radius 1 is 0.926 bits per heavy atom. The fourth-order valence-corrected chi connectivity index (χ4v) is 3.42. The number of nitrogens with one attached hydrogen (secondary N) is 2. The molecule has 2 amide bonds. The smallest absolute Gasteiger partial charge is 0.321 e. The van der Waals surface area contributed by atoms with Gasteiger partial charge in [-0.05, 0) is 18.2 Å². The molecule has 0 radical (unpaired) electrons. The van der Waals surface area contributed by atoms with Crippen LogP contribution < -0.4 is 5.32 Å². The highest BCUT2D eigenvalue weighted by Crippen LogP contribution is 2.19. The average Bonchev–Trinajstić information content (AvgIpc) is 3.13. The van der Waals surface area contributed by atoms with Crippen molar-refractivity contribution in [1.82, 2.24) is 14.8 Å². The van der Waals surface area contributed by atoms with Gasteiger partial charge in [-0.25, -0.2) is 4.79 Å². The minimum Gasteiger partial charge on any atom is -0.360 e.